The Hall–Kier alpha value is -1.57. The van der Waals surface area contributed by atoms with Crippen LogP contribution >= 0.6 is 0 Å². The molecule has 0 aliphatic rings. The van der Waals surface area contributed by atoms with Crippen molar-refractivity contribution in [2.45, 2.75) is 13.3 Å². The first kappa shape index (κ1) is 9.00. The maximum Gasteiger partial charge on any atom is 0.133 e. The molecule has 0 fully saturated rings. The van der Waals surface area contributed by atoms with Gasteiger partial charge in [-0.1, -0.05) is 19.1 Å². The largest absolute Gasteiger partial charge is 0.373 e. The van der Waals surface area contributed by atoms with E-state index in [0.717, 1.165) is 12.2 Å². The van der Waals surface area contributed by atoms with Gasteiger partial charge < -0.3 is 5.32 Å². The number of nitrogens with one attached hydrogen (secondary N) is 1. The van der Waals surface area contributed by atoms with Crippen molar-refractivity contribution >= 4 is 16.6 Å². The second-order valence-electron chi connectivity index (χ2n) is 3.32. The second kappa shape index (κ2) is 3.66. The van der Waals surface area contributed by atoms with Crippen molar-refractivity contribution in [3.05, 3.63) is 36.0 Å². The van der Waals surface area contributed by atoms with Crippen LogP contribution in [-0.4, -0.2) is 12.0 Å². The number of pyridine rings is 1. The van der Waals surface area contributed by atoms with Crippen molar-refractivity contribution in [2.75, 3.05) is 12.4 Å². The van der Waals surface area contributed by atoms with Crippen molar-refractivity contribution < 1.29 is 0 Å². The van der Waals surface area contributed by atoms with Crippen LogP contribution in [-0.2, 0) is 6.42 Å². The summed E-state index contributed by atoms with van der Waals surface area (Å²) in [4.78, 5) is 4.29. The summed E-state index contributed by atoms with van der Waals surface area (Å²) >= 11 is 0. The molecular formula is C12H14N2. The van der Waals surface area contributed by atoms with Gasteiger partial charge in [0, 0.05) is 18.6 Å². The predicted molar refractivity (Wildman–Crippen MR) is 60.7 cm³/mol. The van der Waals surface area contributed by atoms with Crippen LogP contribution in [0.15, 0.2) is 30.5 Å². The number of nitrogens with zero attached hydrogens (tertiary/aromatic N) is 1. The molecule has 2 heteroatoms. The molecule has 2 nitrogen and oxygen atoms in total. The number of aromatic nitrogens is 1. The van der Waals surface area contributed by atoms with Crippen molar-refractivity contribution in [3.8, 4) is 0 Å². The van der Waals surface area contributed by atoms with E-state index in [1.807, 2.05) is 19.3 Å². The van der Waals surface area contributed by atoms with Gasteiger partial charge in [-0.25, -0.2) is 4.98 Å². The molecule has 0 atom stereocenters. The van der Waals surface area contributed by atoms with Gasteiger partial charge in [-0.15, -0.1) is 0 Å². The highest BCUT2D eigenvalue weighted by Gasteiger charge is 2.00. The van der Waals surface area contributed by atoms with E-state index in [1.165, 1.54) is 16.3 Å². The second-order valence-corrected chi connectivity index (χ2v) is 3.32. The Labute approximate surface area is 84.0 Å². The molecule has 0 spiro atoms. The zero-order valence-corrected chi connectivity index (χ0v) is 8.54. The van der Waals surface area contributed by atoms with E-state index in [4.69, 9.17) is 0 Å². The van der Waals surface area contributed by atoms with Crippen molar-refractivity contribution in [2.24, 2.45) is 0 Å². The van der Waals surface area contributed by atoms with Gasteiger partial charge in [0.25, 0.3) is 0 Å². The Morgan fingerprint density at radius 2 is 2.14 bits per heavy atom. The van der Waals surface area contributed by atoms with Crippen molar-refractivity contribution in [3.63, 3.8) is 0 Å². The van der Waals surface area contributed by atoms with Crippen LogP contribution in [0.1, 0.15) is 12.5 Å². The lowest BCUT2D eigenvalue weighted by molar-refractivity contribution is 1.14. The lowest BCUT2D eigenvalue weighted by atomic mass is 10.1. The van der Waals surface area contributed by atoms with Crippen molar-refractivity contribution in [1.29, 1.82) is 0 Å². The van der Waals surface area contributed by atoms with E-state index in [1.54, 1.807) is 0 Å². The molecule has 1 N–H and O–H groups in total. The van der Waals surface area contributed by atoms with Crippen LogP contribution in [0.25, 0.3) is 10.8 Å². The van der Waals surface area contributed by atoms with E-state index < -0.39 is 0 Å². The summed E-state index contributed by atoms with van der Waals surface area (Å²) in [6.07, 6.45) is 2.90. The fourth-order valence-electron chi connectivity index (χ4n) is 1.63. The summed E-state index contributed by atoms with van der Waals surface area (Å²) < 4.78 is 0. The molecule has 0 saturated heterocycles. The minimum atomic E-state index is 0.956. The number of hydrogen-bond acceptors (Lipinski definition) is 2. The third-order valence-corrected chi connectivity index (χ3v) is 2.48. The van der Waals surface area contributed by atoms with Gasteiger partial charge >= 0.3 is 0 Å². The number of fused-ring (bicyclic) bond motifs is 1. The normalized spacial score (nSPS) is 10.4. The highest BCUT2D eigenvalue weighted by Crippen LogP contribution is 2.21. The zero-order chi connectivity index (χ0) is 9.97. The van der Waals surface area contributed by atoms with Crippen LogP contribution < -0.4 is 5.32 Å². The predicted octanol–water partition coefficient (Wildman–Crippen LogP) is 2.84. The van der Waals surface area contributed by atoms with Gasteiger partial charge in [-0.05, 0) is 29.5 Å². The standard InChI is InChI=1S/C12H14N2/c1-3-9-4-5-10-6-7-14-12(13-2)11(10)8-9/h4-8H,3H2,1-2H3,(H,13,14). The van der Waals surface area contributed by atoms with E-state index in [0.29, 0.717) is 0 Å². The molecule has 14 heavy (non-hydrogen) atoms. The first-order valence-corrected chi connectivity index (χ1v) is 4.90. The van der Waals surface area contributed by atoms with Crippen LogP contribution in [0, 0.1) is 0 Å². The highest BCUT2D eigenvalue weighted by molar-refractivity contribution is 5.92. The zero-order valence-electron chi connectivity index (χ0n) is 8.54. The minimum Gasteiger partial charge on any atom is -0.373 e. The van der Waals surface area contributed by atoms with Crippen LogP contribution in [0.5, 0.6) is 0 Å². The molecule has 1 aromatic heterocycles. The van der Waals surface area contributed by atoms with E-state index >= 15 is 0 Å². The molecule has 0 radical (unpaired) electrons. The molecular weight excluding hydrogens is 172 g/mol. The Morgan fingerprint density at radius 1 is 1.29 bits per heavy atom. The summed E-state index contributed by atoms with van der Waals surface area (Å²) in [6.45, 7) is 2.16. The fraction of sp³-hybridized carbons (Fsp3) is 0.250. The molecule has 0 bridgehead atoms. The summed E-state index contributed by atoms with van der Waals surface area (Å²) in [6, 6.07) is 8.56. The lowest BCUT2D eigenvalue weighted by Gasteiger charge is -2.05. The van der Waals surface area contributed by atoms with Crippen LogP contribution in [0.2, 0.25) is 0 Å². The number of rotatable bonds is 2. The summed E-state index contributed by atoms with van der Waals surface area (Å²) in [5.41, 5.74) is 1.35. The SMILES string of the molecule is CCc1ccc2ccnc(NC)c2c1. The number of benzene rings is 1. The van der Waals surface area contributed by atoms with Gasteiger partial charge in [-0.2, -0.15) is 0 Å². The quantitative estimate of drug-likeness (QED) is 0.780. The first-order chi connectivity index (χ1) is 6.85. The molecule has 0 amide bonds. The van der Waals surface area contributed by atoms with Crippen LogP contribution in [0.4, 0.5) is 5.82 Å². The third-order valence-electron chi connectivity index (χ3n) is 2.48. The molecule has 2 rings (SSSR count). The van der Waals surface area contributed by atoms with Gasteiger partial charge in [0.15, 0.2) is 0 Å². The van der Waals surface area contributed by atoms with Gasteiger partial charge in [0.2, 0.25) is 0 Å². The molecule has 2 aromatic rings. The Balaban J connectivity index is 2.70. The summed E-state index contributed by atoms with van der Waals surface area (Å²) in [7, 11) is 1.90. The highest BCUT2D eigenvalue weighted by atomic mass is 14.9. The smallest absolute Gasteiger partial charge is 0.133 e. The number of anilines is 1. The Kier molecular flexibility index (Phi) is 2.35. The Morgan fingerprint density at radius 3 is 2.86 bits per heavy atom. The Bertz CT molecular complexity index is 449. The molecule has 1 heterocycles. The van der Waals surface area contributed by atoms with Gasteiger partial charge in [0.1, 0.15) is 5.82 Å². The third kappa shape index (κ3) is 1.43. The number of hydrogen-bond donors (Lipinski definition) is 1. The average Bonchev–Trinajstić information content (AvgIpc) is 2.27. The molecule has 1 aromatic carbocycles. The number of aryl methyl sites for hydroxylation is 1. The van der Waals surface area contributed by atoms with Crippen LogP contribution in [0.3, 0.4) is 0 Å². The van der Waals surface area contributed by atoms with E-state index in [9.17, 15) is 0 Å². The first-order valence-electron chi connectivity index (χ1n) is 4.90. The van der Waals surface area contributed by atoms with Gasteiger partial charge in [0.05, 0.1) is 0 Å². The topological polar surface area (TPSA) is 24.9 Å². The van der Waals surface area contributed by atoms with Gasteiger partial charge in [-0.3, -0.25) is 0 Å². The molecule has 0 unspecified atom stereocenters. The van der Waals surface area contributed by atoms with Crippen molar-refractivity contribution in [1.82, 2.24) is 4.98 Å². The monoisotopic (exact) mass is 186 g/mol. The minimum absolute atomic E-state index is 0.956. The van der Waals surface area contributed by atoms with E-state index in [2.05, 4.69) is 35.4 Å². The fourth-order valence-corrected chi connectivity index (χ4v) is 1.63. The average molecular weight is 186 g/mol. The summed E-state index contributed by atoms with van der Waals surface area (Å²) in [5, 5.41) is 5.55. The molecule has 0 saturated carbocycles. The lowest BCUT2D eigenvalue weighted by Crippen LogP contribution is -1.93. The molecule has 0 aliphatic carbocycles. The molecule has 0 aliphatic heterocycles. The summed E-state index contributed by atoms with van der Waals surface area (Å²) in [5.74, 6) is 0.956. The maximum absolute atomic E-state index is 4.29. The van der Waals surface area contributed by atoms with E-state index in [-0.39, 0.29) is 0 Å². The molecule has 72 valence electrons. The maximum atomic E-state index is 4.29.